The Balaban J connectivity index is 2.09. The Bertz CT molecular complexity index is 592. The molecule has 0 aliphatic heterocycles. The summed E-state index contributed by atoms with van der Waals surface area (Å²) >= 11 is 1.51. The van der Waals surface area contributed by atoms with E-state index >= 15 is 0 Å². The number of nitrogens with zero attached hydrogens (tertiary/aromatic N) is 1. The van der Waals surface area contributed by atoms with Gasteiger partial charge in [-0.1, -0.05) is 6.07 Å². The van der Waals surface area contributed by atoms with Gasteiger partial charge in [0.25, 0.3) is 10.0 Å². The first-order chi connectivity index (χ1) is 8.62. The van der Waals surface area contributed by atoms with Gasteiger partial charge in [0.15, 0.2) is 5.03 Å². The third-order valence-electron chi connectivity index (χ3n) is 2.30. The zero-order chi connectivity index (χ0) is 13.0. The van der Waals surface area contributed by atoms with E-state index in [2.05, 4.69) is 9.71 Å². The molecule has 0 bridgehead atoms. The number of aliphatic hydroxyl groups is 1. The van der Waals surface area contributed by atoms with Crippen molar-refractivity contribution >= 4 is 21.4 Å². The Morgan fingerprint density at radius 2 is 2.11 bits per heavy atom. The molecule has 0 aliphatic rings. The first-order valence-corrected chi connectivity index (χ1v) is 7.61. The van der Waals surface area contributed by atoms with E-state index in [1.54, 1.807) is 0 Å². The molecule has 0 saturated carbocycles. The van der Waals surface area contributed by atoms with Crippen molar-refractivity contribution in [2.45, 2.75) is 18.2 Å². The van der Waals surface area contributed by atoms with Crippen molar-refractivity contribution in [2.75, 3.05) is 0 Å². The standard InChI is InChI=1S/C11H12N2O3S2/c14-7-9-1-2-11(12-5-9)18(15,16)13-6-10-3-4-17-8-10/h1-5,8,13-14H,6-7H2. The fourth-order valence-corrected chi connectivity index (χ4v) is 2.92. The van der Waals surface area contributed by atoms with Crippen LogP contribution in [-0.2, 0) is 23.2 Å². The second-order valence-corrected chi connectivity index (χ2v) is 6.11. The van der Waals surface area contributed by atoms with E-state index in [4.69, 9.17) is 5.11 Å². The predicted octanol–water partition coefficient (Wildman–Crippen LogP) is 1.11. The van der Waals surface area contributed by atoms with Crippen molar-refractivity contribution in [2.24, 2.45) is 0 Å². The van der Waals surface area contributed by atoms with Gasteiger partial charge in [-0.05, 0) is 34.0 Å². The minimum absolute atomic E-state index is 0.0464. The summed E-state index contributed by atoms with van der Waals surface area (Å²) in [7, 11) is -3.60. The number of nitrogens with one attached hydrogen (secondary N) is 1. The van der Waals surface area contributed by atoms with Gasteiger partial charge in [0.2, 0.25) is 0 Å². The van der Waals surface area contributed by atoms with Crippen molar-refractivity contribution in [3.63, 3.8) is 0 Å². The minimum Gasteiger partial charge on any atom is -0.392 e. The number of hydrogen-bond donors (Lipinski definition) is 2. The van der Waals surface area contributed by atoms with Crippen molar-refractivity contribution in [3.05, 3.63) is 46.3 Å². The Hall–Kier alpha value is -1.28. The number of hydrogen-bond acceptors (Lipinski definition) is 5. The molecule has 0 saturated heterocycles. The summed E-state index contributed by atoms with van der Waals surface area (Å²) in [5.41, 5.74) is 1.49. The molecule has 2 N–H and O–H groups in total. The quantitative estimate of drug-likeness (QED) is 0.862. The second-order valence-electron chi connectivity index (χ2n) is 3.62. The first kappa shape index (κ1) is 13.2. The Morgan fingerprint density at radius 1 is 1.28 bits per heavy atom. The van der Waals surface area contributed by atoms with Crippen LogP contribution in [0.3, 0.4) is 0 Å². The molecule has 0 amide bonds. The smallest absolute Gasteiger partial charge is 0.258 e. The molecule has 0 atom stereocenters. The molecular formula is C11H12N2O3S2. The molecule has 0 fully saturated rings. The second kappa shape index (κ2) is 5.57. The van der Waals surface area contributed by atoms with Gasteiger partial charge in [-0.3, -0.25) is 0 Å². The molecule has 18 heavy (non-hydrogen) atoms. The average molecular weight is 284 g/mol. The van der Waals surface area contributed by atoms with Crippen LogP contribution in [0.25, 0.3) is 0 Å². The highest BCUT2D eigenvalue weighted by atomic mass is 32.2. The van der Waals surface area contributed by atoms with Gasteiger partial charge >= 0.3 is 0 Å². The van der Waals surface area contributed by atoms with E-state index in [1.165, 1.54) is 29.7 Å². The molecule has 0 spiro atoms. The molecule has 2 aromatic heterocycles. The van der Waals surface area contributed by atoms with Crippen LogP contribution in [0.2, 0.25) is 0 Å². The van der Waals surface area contributed by atoms with Crippen LogP contribution in [0.4, 0.5) is 0 Å². The number of aromatic nitrogens is 1. The summed E-state index contributed by atoms with van der Waals surface area (Å²) in [5.74, 6) is 0. The number of thiophene rings is 1. The van der Waals surface area contributed by atoms with Crippen LogP contribution >= 0.6 is 11.3 Å². The monoisotopic (exact) mass is 284 g/mol. The first-order valence-electron chi connectivity index (χ1n) is 5.18. The zero-order valence-electron chi connectivity index (χ0n) is 9.41. The zero-order valence-corrected chi connectivity index (χ0v) is 11.0. The number of rotatable bonds is 5. The van der Waals surface area contributed by atoms with E-state index in [-0.39, 0.29) is 18.2 Å². The molecule has 0 unspecified atom stereocenters. The highest BCUT2D eigenvalue weighted by Crippen LogP contribution is 2.09. The lowest BCUT2D eigenvalue weighted by Crippen LogP contribution is -2.23. The van der Waals surface area contributed by atoms with Crippen LogP contribution in [0.5, 0.6) is 0 Å². The highest BCUT2D eigenvalue weighted by Gasteiger charge is 2.15. The molecule has 0 radical (unpaired) electrons. The molecule has 2 heterocycles. The summed E-state index contributed by atoms with van der Waals surface area (Å²) in [6.07, 6.45) is 1.35. The van der Waals surface area contributed by atoms with Crippen LogP contribution in [0, 0.1) is 0 Å². The SMILES string of the molecule is O=S(=O)(NCc1ccsc1)c1ccc(CO)cn1. The maximum absolute atomic E-state index is 11.9. The van der Waals surface area contributed by atoms with Gasteiger partial charge in [-0.25, -0.2) is 18.1 Å². The van der Waals surface area contributed by atoms with E-state index in [9.17, 15) is 8.42 Å². The van der Waals surface area contributed by atoms with E-state index in [0.717, 1.165) is 5.56 Å². The minimum atomic E-state index is -3.60. The van der Waals surface area contributed by atoms with Gasteiger partial charge in [-0.2, -0.15) is 11.3 Å². The molecule has 0 aromatic carbocycles. The van der Waals surface area contributed by atoms with Crippen molar-refractivity contribution < 1.29 is 13.5 Å². The van der Waals surface area contributed by atoms with E-state index in [0.29, 0.717) is 5.56 Å². The van der Waals surface area contributed by atoms with Gasteiger partial charge in [0, 0.05) is 12.7 Å². The summed E-state index contributed by atoms with van der Waals surface area (Å²) in [6.45, 7) is 0.0882. The van der Waals surface area contributed by atoms with Gasteiger partial charge in [0.1, 0.15) is 0 Å². The Morgan fingerprint density at radius 3 is 2.67 bits per heavy atom. The molecule has 0 aliphatic carbocycles. The normalized spacial score (nSPS) is 11.6. The van der Waals surface area contributed by atoms with Crippen molar-refractivity contribution in [1.29, 1.82) is 0 Å². The lowest BCUT2D eigenvalue weighted by molar-refractivity contribution is 0.281. The van der Waals surface area contributed by atoms with Crippen LogP contribution in [-0.4, -0.2) is 18.5 Å². The maximum atomic E-state index is 11.9. The van der Waals surface area contributed by atoms with Gasteiger partial charge in [0.05, 0.1) is 6.61 Å². The van der Waals surface area contributed by atoms with Crippen LogP contribution in [0.1, 0.15) is 11.1 Å². The van der Waals surface area contributed by atoms with Gasteiger partial charge < -0.3 is 5.11 Å². The van der Waals surface area contributed by atoms with Crippen LogP contribution < -0.4 is 4.72 Å². The number of pyridine rings is 1. The van der Waals surface area contributed by atoms with Crippen LogP contribution in [0.15, 0.2) is 40.2 Å². The lowest BCUT2D eigenvalue weighted by atomic mass is 10.3. The summed E-state index contributed by atoms with van der Waals surface area (Å²) in [6, 6.07) is 4.77. The molecular weight excluding hydrogens is 272 g/mol. The molecule has 7 heteroatoms. The third kappa shape index (κ3) is 3.14. The lowest BCUT2D eigenvalue weighted by Gasteiger charge is -2.05. The molecule has 5 nitrogen and oxygen atoms in total. The summed E-state index contributed by atoms with van der Waals surface area (Å²) in [5, 5.41) is 12.6. The average Bonchev–Trinajstić information content (AvgIpc) is 2.90. The fraction of sp³-hybridized carbons (Fsp3) is 0.182. The largest absolute Gasteiger partial charge is 0.392 e. The molecule has 2 aromatic rings. The third-order valence-corrected chi connectivity index (χ3v) is 4.35. The molecule has 96 valence electrons. The molecule has 2 rings (SSSR count). The van der Waals surface area contributed by atoms with Crippen molar-refractivity contribution in [3.8, 4) is 0 Å². The maximum Gasteiger partial charge on any atom is 0.258 e. The topological polar surface area (TPSA) is 79.3 Å². The number of aliphatic hydroxyl groups excluding tert-OH is 1. The van der Waals surface area contributed by atoms with Crippen molar-refractivity contribution in [1.82, 2.24) is 9.71 Å². The predicted molar refractivity (Wildman–Crippen MR) is 68.5 cm³/mol. The Labute approximate surface area is 109 Å². The summed E-state index contributed by atoms with van der Waals surface area (Å²) < 4.78 is 26.3. The highest BCUT2D eigenvalue weighted by molar-refractivity contribution is 7.89. The van der Waals surface area contributed by atoms with E-state index < -0.39 is 10.0 Å². The Kier molecular flexibility index (Phi) is 4.07. The van der Waals surface area contributed by atoms with E-state index in [1.807, 2.05) is 16.8 Å². The number of sulfonamides is 1. The fourth-order valence-electron chi connectivity index (χ4n) is 1.31. The summed E-state index contributed by atoms with van der Waals surface area (Å²) in [4.78, 5) is 3.81. The van der Waals surface area contributed by atoms with Gasteiger partial charge in [-0.15, -0.1) is 0 Å².